The molecule has 1 saturated heterocycles. The molecule has 0 saturated carbocycles. The first-order valence-electron chi connectivity index (χ1n) is 7.22. The van der Waals surface area contributed by atoms with E-state index in [1.165, 1.54) is 17.7 Å². The Hall–Kier alpha value is -1.46. The number of carbonyl (C=O) groups is 1. The van der Waals surface area contributed by atoms with Crippen LogP contribution in [0.2, 0.25) is 0 Å². The van der Waals surface area contributed by atoms with Crippen LogP contribution in [0.25, 0.3) is 10.9 Å². The number of aryl methyl sites for hydroxylation is 1. The lowest BCUT2D eigenvalue weighted by Crippen LogP contribution is -2.31. The highest BCUT2D eigenvalue weighted by atomic mass is 32.2. The quantitative estimate of drug-likeness (QED) is 0.946. The number of fused-ring (bicyclic) bond motifs is 1. The second-order valence-electron chi connectivity index (χ2n) is 5.76. The summed E-state index contributed by atoms with van der Waals surface area (Å²) in [6.07, 6.45) is 4.51. The van der Waals surface area contributed by atoms with Crippen molar-refractivity contribution in [2.24, 2.45) is 7.05 Å². The number of benzene rings is 1. The lowest BCUT2D eigenvalue weighted by molar-refractivity contribution is 0.0697. The Labute approximate surface area is 128 Å². The maximum atomic E-state index is 11.2. The number of nitrogens with zero attached hydrogens (tertiary/aromatic N) is 2. The summed E-state index contributed by atoms with van der Waals surface area (Å²) in [6.45, 7) is 2.28. The number of hydrogen-bond donors (Lipinski definition) is 1. The van der Waals surface area contributed by atoms with Crippen LogP contribution in [0.1, 0.15) is 23.2 Å². The first kappa shape index (κ1) is 14.5. The van der Waals surface area contributed by atoms with Gasteiger partial charge in [-0.25, -0.2) is 4.79 Å². The number of aromatic carboxylic acids is 1. The van der Waals surface area contributed by atoms with Crippen molar-refractivity contribution in [3.63, 3.8) is 0 Å². The molecule has 2 aromatic rings. The van der Waals surface area contributed by atoms with Gasteiger partial charge in [0.15, 0.2) is 0 Å². The van der Waals surface area contributed by atoms with E-state index in [0.717, 1.165) is 24.0 Å². The molecular weight excluding hydrogens is 284 g/mol. The number of hydrogen-bond acceptors (Lipinski definition) is 3. The largest absolute Gasteiger partial charge is 0.478 e. The first-order chi connectivity index (χ1) is 10.0. The first-order valence-corrected chi connectivity index (χ1v) is 8.10. The maximum absolute atomic E-state index is 11.2. The van der Waals surface area contributed by atoms with Crippen LogP contribution in [0.3, 0.4) is 0 Å². The van der Waals surface area contributed by atoms with Crippen LogP contribution < -0.4 is 0 Å². The highest BCUT2D eigenvalue weighted by Gasteiger charge is 2.20. The molecule has 2 heterocycles. The van der Waals surface area contributed by atoms with Crippen molar-refractivity contribution in [1.29, 1.82) is 0 Å². The third-order valence-electron chi connectivity index (χ3n) is 4.16. The predicted molar refractivity (Wildman–Crippen MR) is 86.3 cm³/mol. The predicted octanol–water partition coefficient (Wildman–Crippen LogP) is 3.06. The van der Waals surface area contributed by atoms with E-state index in [1.807, 2.05) is 24.9 Å². The fourth-order valence-electron chi connectivity index (χ4n) is 2.87. The SMILES string of the molecule is CN1CCC(Sc2cn(C)c3ccc(C(=O)O)cc23)CC1. The molecule has 0 aliphatic carbocycles. The molecule has 5 heteroatoms. The van der Waals surface area contributed by atoms with Gasteiger partial charge in [-0.05, 0) is 51.2 Å². The molecule has 21 heavy (non-hydrogen) atoms. The van der Waals surface area contributed by atoms with Crippen molar-refractivity contribution >= 4 is 28.6 Å². The molecule has 4 nitrogen and oxygen atoms in total. The second kappa shape index (κ2) is 5.73. The number of rotatable bonds is 3. The molecule has 112 valence electrons. The van der Waals surface area contributed by atoms with Gasteiger partial charge in [-0.2, -0.15) is 0 Å². The zero-order valence-corrected chi connectivity index (χ0v) is 13.2. The van der Waals surface area contributed by atoms with Gasteiger partial charge in [0.2, 0.25) is 0 Å². The van der Waals surface area contributed by atoms with Crippen molar-refractivity contribution in [3.05, 3.63) is 30.0 Å². The molecule has 1 fully saturated rings. The number of carboxylic acid groups (broad SMARTS) is 1. The molecular formula is C16H20N2O2S. The Kier molecular flexibility index (Phi) is 3.95. The third kappa shape index (κ3) is 2.94. The second-order valence-corrected chi connectivity index (χ2v) is 7.10. The number of piperidine rings is 1. The highest BCUT2D eigenvalue weighted by molar-refractivity contribution is 8.00. The molecule has 1 aromatic heterocycles. The zero-order valence-electron chi connectivity index (χ0n) is 12.4. The minimum atomic E-state index is -0.865. The van der Waals surface area contributed by atoms with Gasteiger partial charge >= 0.3 is 5.97 Å². The molecule has 1 N–H and O–H groups in total. The van der Waals surface area contributed by atoms with E-state index in [9.17, 15) is 9.90 Å². The maximum Gasteiger partial charge on any atom is 0.335 e. The summed E-state index contributed by atoms with van der Waals surface area (Å²) >= 11 is 1.90. The number of aromatic nitrogens is 1. The number of thioether (sulfide) groups is 1. The summed E-state index contributed by atoms with van der Waals surface area (Å²) in [6, 6.07) is 5.38. The Morgan fingerprint density at radius 3 is 2.67 bits per heavy atom. The smallest absolute Gasteiger partial charge is 0.335 e. The van der Waals surface area contributed by atoms with E-state index >= 15 is 0 Å². The van der Waals surface area contributed by atoms with Gasteiger partial charge in [0.05, 0.1) is 5.56 Å². The van der Waals surface area contributed by atoms with E-state index in [4.69, 9.17) is 0 Å². The van der Waals surface area contributed by atoms with Gasteiger partial charge in [0.25, 0.3) is 0 Å². The summed E-state index contributed by atoms with van der Waals surface area (Å²) in [5.41, 5.74) is 1.45. The molecule has 0 spiro atoms. The monoisotopic (exact) mass is 304 g/mol. The van der Waals surface area contributed by atoms with Crippen molar-refractivity contribution in [3.8, 4) is 0 Å². The Balaban J connectivity index is 1.90. The van der Waals surface area contributed by atoms with Crippen molar-refractivity contribution in [2.75, 3.05) is 20.1 Å². The van der Waals surface area contributed by atoms with Gasteiger partial charge < -0.3 is 14.6 Å². The van der Waals surface area contributed by atoms with Gasteiger partial charge in [-0.15, -0.1) is 11.8 Å². The summed E-state index contributed by atoms with van der Waals surface area (Å²) in [5.74, 6) is -0.865. The minimum absolute atomic E-state index is 0.360. The number of likely N-dealkylation sites (tertiary alicyclic amines) is 1. The zero-order chi connectivity index (χ0) is 15.0. The average molecular weight is 304 g/mol. The van der Waals surface area contributed by atoms with Gasteiger partial charge in [0.1, 0.15) is 0 Å². The summed E-state index contributed by atoms with van der Waals surface area (Å²) in [4.78, 5) is 14.7. The molecule has 1 aliphatic rings. The van der Waals surface area contributed by atoms with Crippen LogP contribution in [-0.4, -0.2) is 45.9 Å². The van der Waals surface area contributed by atoms with Crippen LogP contribution in [0.5, 0.6) is 0 Å². The number of carboxylic acids is 1. The van der Waals surface area contributed by atoms with Crippen molar-refractivity contribution in [2.45, 2.75) is 23.0 Å². The third-order valence-corrected chi connectivity index (χ3v) is 5.54. The van der Waals surface area contributed by atoms with Crippen LogP contribution in [0, 0.1) is 0 Å². The molecule has 3 rings (SSSR count). The van der Waals surface area contributed by atoms with Crippen LogP contribution >= 0.6 is 11.8 Å². The van der Waals surface area contributed by atoms with Crippen LogP contribution in [-0.2, 0) is 7.05 Å². The minimum Gasteiger partial charge on any atom is -0.478 e. The van der Waals surface area contributed by atoms with Crippen LogP contribution in [0.15, 0.2) is 29.3 Å². The van der Waals surface area contributed by atoms with E-state index < -0.39 is 5.97 Å². The molecule has 0 bridgehead atoms. The topological polar surface area (TPSA) is 45.5 Å². The van der Waals surface area contributed by atoms with E-state index in [0.29, 0.717) is 10.8 Å². The standard InChI is InChI=1S/C16H20N2O2S/c1-17-7-5-12(6-8-17)21-15-10-18(2)14-4-3-11(16(19)20)9-13(14)15/h3-4,9-10,12H,5-8H2,1-2H3,(H,19,20). The molecule has 0 radical (unpaired) electrons. The lowest BCUT2D eigenvalue weighted by Gasteiger charge is -2.28. The summed E-state index contributed by atoms with van der Waals surface area (Å²) in [5, 5.41) is 10.9. The molecule has 0 atom stereocenters. The van der Waals surface area contributed by atoms with Crippen LogP contribution in [0.4, 0.5) is 0 Å². The van der Waals surface area contributed by atoms with E-state index in [1.54, 1.807) is 12.1 Å². The van der Waals surface area contributed by atoms with Gasteiger partial charge in [0, 0.05) is 34.3 Å². The molecule has 1 aromatic carbocycles. The Morgan fingerprint density at radius 1 is 1.29 bits per heavy atom. The van der Waals surface area contributed by atoms with Crippen molar-refractivity contribution < 1.29 is 9.90 Å². The fourth-order valence-corrected chi connectivity index (χ4v) is 4.18. The van der Waals surface area contributed by atoms with E-state index in [2.05, 4.69) is 22.7 Å². The van der Waals surface area contributed by atoms with Crippen molar-refractivity contribution in [1.82, 2.24) is 9.47 Å². The lowest BCUT2D eigenvalue weighted by atomic mass is 10.1. The average Bonchev–Trinajstić information content (AvgIpc) is 2.77. The molecule has 0 unspecified atom stereocenters. The highest BCUT2D eigenvalue weighted by Crippen LogP contribution is 2.36. The van der Waals surface area contributed by atoms with Gasteiger partial charge in [-0.3, -0.25) is 0 Å². The summed E-state index contributed by atoms with van der Waals surface area (Å²) in [7, 11) is 4.18. The van der Waals surface area contributed by atoms with E-state index in [-0.39, 0.29) is 0 Å². The fraction of sp³-hybridized carbons (Fsp3) is 0.438. The van der Waals surface area contributed by atoms with Gasteiger partial charge in [-0.1, -0.05) is 0 Å². The molecule has 1 aliphatic heterocycles. The summed E-state index contributed by atoms with van der Waals surface area (Å²) < 4.78 is 2.08. The molecule has 0 amide bonds. The normalized spacial score (nSPS) is 17.4. The Morgan fingerprint density at radius 2 is 2.00 bits per heavy atom. The Bertz CT molecular complexity index is 672.